The zero-order valence-electron chi connectivity index (χ0n) is 16.3. The predicted molar refractivity (Wildman–Crippen MR) is 104 cm³/mol. The molecule has 2 amide bonds. The molecular formula is C22H32N2O2. The first-order valence-electron chi connectivity index (χ1n) is 10.1. The van der Waals surface area contributed by atoms with Gasteiger partial charge in [0.15, 0.2) is 0 Å². The molecule has 142 valence electrons. The van der Waals surface area contributed by atoms with Crippen LogP contribution in [-0.4, -0.2) is 17.9 Å². The summed E-state index contributed by atoms with van der Waals surface area (Å²) in [4.78, 5) is 24.5. The minimum atomic E-state index is -0.406. The normalized spacial score (nSPS) is 20.8. The van der Waals surface area contributed by atoms with Crippen LogP contribution in [-0.2, 0) is 16.0 Å². The zero-order chi connectivity index (χ0) is 18.7. The van der Waals surface area contributed by atoms with Crippen molar-refractivity contribution in [2.75, 3.05) is 0 Å². The lowest BCUT2D eigenvalue weighted by atomic mass is 9.80. The van der Waals surface area contributed by atoms with Gasteiger partial charge in [-0.15, -0.1) is 0 Å². The van der Waals surface area contributed by atoms with Crippen molar-refractivity contribution in [1.82, 2.24) is 10.6 Å². The Bertz CT molecular complexity index is 664. The molecule has 0 aromatic heterocycles. The lowest BCUT2D eigenvalue weighted by molar-refractivity contribution is -0.129. The third-order valence-electron chi connectivity index (χ3n) is 5.96. The summed E-state index contributed by atoms with van der Waals surface area (Å²) in [6.07, 6.45) is 7.49. The van der Waals surface area contributed by atoms with Gasteiger partial charge in [-0.25, -0.2) is 0 Å². The van der Waals surface area contributed by atoms with E-state index >= 15 is 0 Å². The highest BCUT2D eigenvalue weighted by molar-refractivity contribution is 5.87. The van der Waals surface area contributed by atoms with E-state index in [1.165, 1.54) is 42.9 Å². The quantitative estimate of drug-likeness (QED) is 0.809. The third-order valence-corrected chi connectivity index (χ3v) is 5.96. The Morgan fingerprint density at radius 1 is 1.15 bits per heavy atom. The monoisotopic (exact) mass is 356 g/mol. The van der Waals surface area contributed by atoms with Gasteiger partial charge in [-0.2, -0.15) is 0 Å². The van der Waals surface area contributed by atoms with Gasteiger partial charge in [0.2, 0.25) is 11.8 Å². The predicted octanol–water partition coefficient (Wildman–Crippen LogP) is 4.00. The fourth-order valence-electron chi connectivity index (χ4n) is 4.14. The topological polar surface area (TPSA) is 58.2 Å². The van der Waals surface area contributed by atoms with Crippen molar-refractivity contribution >= 4 is 11.8 Å². The second kappa shape index (κ2) is 8.24. The molecule has 3 rings (SSSR count). The van der Waals surface area contributed by atoms with E-state index in [0.717, 1.165) is 25.7 Å². The Labute approximate surface area is 157 Å². The maximum absolute atomic E-state index is 12.9. The van der Waals surface area contributed by atoms with Crippen LogP contribution < -0.4 is 10.6 Å². The SMILES string of the molecule is CC(=O)N[C@H](CC1CCC1)C(=O)N[C@@H]1CCCc2ccc(C(C)C)cc21. The van der Waals surface area contributed by atoms with E-state index in [0.29, 0.717) is 11.8 Å². The van der Waals surface area contributed by atoms with Gasteiger partial charge in [-0.3, -0.25) is 9.59 Å². The highest BCUT2D eigenvalue weighted by atomic mass is 16.2. The van der Waals surface area contributed by atoms with Crippen LogP contribution in [0.25, 0.3) is 0 Å². The molecule has 0 aliphatic heterocycles. The first kappa shape index (κ1) is 18.9. The molecule has 0 unspecified atom stereocenters. The van der Waals surface area contributed by atoms with Gasteiger partial charge in [0.1, 0.15) is 6.04 Å². The van der Waals surface area contributed by atoms with Crippen molar-refractivity contribution in [2.45, 2.75) is 83.7 Å². The number of rotatable bonds is 6. The molecular weight excluding hydrogens is 324 g/mol. The van der Waals surface area contributed by atoms with Crippen LogP contribution in [0.2, 0.25) is 0 Å². The Hall–Kier alpha value is -1.84. The molecule has 26 heavy (non-hydrogen) atoms. The highest BCUT2D eigenvalue weighted by Gasteiger charge is 2.30. The Kier molecular flexibility index (Phi) is 6.00. The van der Waals surface area contributed by atoms with Crippen LogP contribution in [0.15, 0.2) is 18.2 Å². The molecule has 1 aromatic carbocycles. The van der Waals surface area contributed by atoms with Crippen LogP contribution in [0.1, 0.15) is 87.9 Å². The van der Waals surface area contributed by atoms with E-state index in [4.69, 9.17) is 0 Å². The Balaban J connectivity index is 1.73. The van der Waals surface area contributed by atoms with Crippen molar-refractivity contribution < 1.29 is 9.59 Å². The summed E-state index contributed by atoms with van der Waals surface area (Å²) in [6, 6.07) is 6.36. The maximum atomic E-state index is 12.9. The fourth-order valence-corrected chi connectivity index (χ4v) is 4.14. The van der Waals surface area contributed by atoms with Gasteiger partial charge in [0.05, 0.1) is 6.04 Å². The maximum Gasteiger partial charge on any atom is 0.243 e. The Morgan fingerprint density at radius 3 is 2.54 bits per heavy atom. The summed E-state index contributed by atoms with van der Waals surface area (Å²) in [6.45, 7) is 5.89. The third kappa shape index (κ3) is 4.46. The molecule has 0 spiro atoms. The lowest BCUT2D eigenvalue weighted by Crippen LogP contribution is -2.48. The summed E-state index contributed by atoms with van der Waals surface area (Å²) in [7, 11) is 0. The molecule has 2 aliphatic rings. The molecule has 1 saturated carbocycles. The number of benzene rings is 1. The van der Waals surface area contributed by atoms with E-state index in [-0.39, 0.29) is 17.9 Å². The standard InChI is InChI=1S/C22H32N2O2/c1-14(2)18-11-10-17-8-5-9-20(19(17)13-18)24-22(26)21(23-15(3)25)12-16-6-4-7-16/h10-11,13-14,16,20-21H,4-9,12H2,1-3H3,(H,23,25)(H,24,26)/t20-,21-/m1/s1. The largest absolute Gasteiger partial charge is 0.348 e. The zero-order valence-corrected chi connectivity index (χ0v) is 16.3. The van der Waals surface area contributed by atoms with Gasteiger partial charge in [0.25, 0.3) is 0 Å². The van der Waals surface area contributed by atoms with E-state index in [9.17, 15) is 9.59 Å². The summed E-state index contributed by atoms with van der Waals surface area (Å²) in [5.74, 6) is 0.892. The van der Waals surface area contributed by atoms with E-state index in [1.54, 1.807) is 0 Å². The average Bonchev–Trinajstić information content (AvgIpc) is 2.56. The van der Waals surface area contributed by atoms with E-state index in [2.05, 4.69) is 42.7 Å². The van der Waals surface area contributed by atoms with Gasteiger partial charge in [0, 0.05) is 6.92 Å². The van der Waals surface area contributed by atoms with Crippen molar-refractivity contribution in [1.29, 1.82) is 0 Å². The van der Waals surface area contributed by atoms with Crippen LogP contribution >= 0.6 is 0 Å². The number of aryl methyl sites for hydroxylation is 1. The summed E-state index contributed by atoms with van der Waals surface area (Å²) < 4.78 is 0. The summed E-state index contributed by atoms with van der Waals surface area (Å²) in [5.41, 5.74) is 3.93. The number of fused-ring (bicyclic) bond motifs is 1. The number of hydrogen-bond donors (Lipinski definition) is 2. The van der Waals surface area contributed by atoms with Crippen molar-refractivity contribution in [3.63, 3.8) is 0 Å². The van der Waals surface area contributed by atoms with Crippen molar-refractivity contribution in [3.05, 3.63) is 34.9 Å². The van der Waals surface area contributed by atoms with Gasteiger partial charge >= 0.3 is 0 Å². The fraction of sp³-hybridized carbons (Fsp3) is 0.636. The highest BCUT2D eigenvalue weighted by Crippen LogP contribution is 2.33. The van der Waals surface area contributed by atoms with Crippen LogP contribution in [0.5, 0.6) is 0 Å². The number of nitrogens with one attached hydrogen (secondary N) is 2. The summed E-state index contributed by atoms with van der Waals surface area (Å²) in [5, 5.41) is 6.12. The molecule has 1 aromatic rings. The number of amides is 2. The molecule has 0 heterocycles. The van der Waals surface area contributed by atoms with Gasteiger partial charge in [-0.1, -0.05) is 51.3 Å². The molecule has 2 aliphatic carbocycles. The molecule has 2 atom stereocenters. The van der Waals surface area contributed by atoms with E-state index in [1.807, 2.05) is 0 Å². The molecule has 0 radical (unpaired) electrons. The lowest BCUT2D eigenvalue weighted by Gasteiger charge is -2.32. The van der Waals surface area contributed by atoms with Crippen molar-refractivity contribution in [3.8, 4) is 0 Å². The molecule has 2 N–H and O–H groups in total. The van der Waals surface area contributed by atoms with Crippen LogP contribution in [0.3, 0.4) is 0 Å². The minimum absolute atomic E-state index is 0.0279. The molecule has 1 fully saturated rings. The Morgan fingerprint density at radius 2 is 1.92 bits per heavy atom. The molecule has 4 nitrogen and oxygen atoms in total. The first-order valence-corrected chi connectivity index (χ1v) is 10.1. The minimum Gasteiger partial charge on any atom is -0.348 e. The second-order valence-electron chi connectivity index (χ2n) is 8.35. The molecule has 0 saturated heterocycles. The number of carbonyl (C=O) groups is 2. The first-order chi connectivity index (χ1) is 12.4. The van der Waals surface area contributed by atoms with E-state index < -0.39 is 6.04 Å². The van der Waals surface area contributed by atoms with Crippen LogP contribution in [0.4, 0.5) is 0 Å². The number of hydrogen-bond acceptors (Lipinski definition) is 2. The smallest absolute Gasteiger partial charge is 0.243 e. The summed E-state index contributed by atoms with van der Waals surface area (Å²) >= 11 is 0. The number of carbonyl (C=O) groups excluding carboxylic acids is 2. The molecule has 4 heteroatoms. The van der Waals surface area contributed by atoms with Gasteiger partial charge < -0.3 is 10.6 Å². The molecule has 0 bridgehead atoms. The van der Waals surface area contributed by atoms with Crippen LogP contribution in [0, 0.1) is 5.92 Å². The van der Waals surface area contributed by atoms with Crippen molar-refractivity contribution in [2.24, 2.45) is 5.92 Å². The second-order valence-corrected chi connectivity index (χ2v) is 8.35. The average molecular weight is 357 g/mol. The van der Waals surface area contributed by atoms with Gasteiger partial charge in [-0.05, 0) is 54.2 Å².